The Labute approximate surface area is 183 Å². The summed E-state index contributed by atoms with van der Waals surface area (Å²) in [5, 5.41) is 3.99. The third-order valence-electron chi connectivity index (χ3n) is 5.15. The molecule has 0 bridgehead atoms. The number of H-pyrrole nitrogens is 2. The highest BCUT2D eigenvalue weighted by atomic mass is 19.1. The van der Waals surface area contributed by atoms with Crippen LogP contribution in [-0.2, 0) is 11.2 Å². The highest BCUT2D eigenvalue weighted by molar-refractivity contribution is 5.84. The molecule has 164 valence electrons. The van der Waals surface area contributed by atoms with Crippen molar-refractivity contribution < 1.29 is 13.9 Å². The zero-order chi connectivity index (χ0) is 22.7. The van der Waals surface area contributed by atoms with Gasteiger partial charge in [0.15, 0.2) is 6.10 Å². The highest BCUT2D eigenvalue weighted by Crippen LogP contribution is 2.24. The number of hydrogen-bond acceptors (Lipinski definition) is 4. The number of carbonyl (C=O) groups is 1. The van der Waals surface area contributed by atoms with E-state index < -0.39 is 12.1 Å². The Kier molecular flexibility index (Phi) is 6.02. The first-order valence-electron chi connectivity index (χ1n) is 10.2. The van der Waals surface area contributed by atoms with E-state index in [9.17, 15) is 14.0 Å². The fourth-order valence-electron chi connectivity index (χ4n) is 3.59. The average Bonchev–Trinajstić information content (AvgIpc) is 3.17. The van der Waals surface area contributed by atoms with Crippen LogP contribution in [0.5, 0.6) is 5.75 Å². The number of para-hydroxylation sites is 1. The number of aromatic amines is 2. The second-order valence-electron chi connectivity index (χ2n) is 7.59. The van der Waals surface area contributed by atoms with Crippen LogP contribution in [0.15, 0.2) is 65.6 Å². The SMILES string of the molecule is Cc1nc([C@H](Cc2c[nH]c3ccccc23)NC(=O)[C@@H](C)Oc2ccc(F)cc2)cc(=O)[nH]1. The molecule has 2 aromatic carbocycles. The van der Waals surface area contributed by atoms with Gasteiger partial charge in [-0.25, -0.2) is 9.37 Å². The number of hydrogen-bond donors (Lipinski definition) is 3. The van der Waals surface area contributed by atoms with Gasteiger partial charge >= 0.3 is 0 Å². The number of amides is 1. The fraction of sp³-hybridized carbons (Fsp3) is 0.208. The van der Waals surface area contributed by atoms with Gasteiger partial charge in [0, 0.05) is 29.6 Å². The van der Waals surface area contributed by atoms with Gasteiger partial charge in [0.1, 0.15) is 17.4 Å². The van der Waals surface area contributed by atoms with Crippen molar-refractivity contribution in [2.75, 3.05) is 0 Å². The van der Waals surface area contributed by atoms with Crippen LogP contribution < -0.4 is 15.6 Å². The summed E-state index contributed by atoms with van der Waals surface area (Å²) in [6, 6.07) is 14.1. The summed E-state index contributed by atoms with van der Waals surface area (Å²) in [5.74, 6) is 0.0801. The molecular formula is C24H23FN4O3. The first-order valence-corrected chi connectivity index (χ1v) is 10.2. The van der Waals surface area contributed by atoms with E-state index in [-0.39, 0.29) is 17.3 Å². The molecule has 0 saturated carbocycles. The zero-order valence-electron chi connectivity index (χ0n) is 17.7. The second-order valence-corrected chi connectivity index (χ2v) is 7.59. The van der Waals surface area contributed by atoms with E-state index in [2.05, 4.69) is 20.3 Å². The van der Waals surface area contributed by atoms with Gasteiger partial charge in [-0.3, -0.25) is 9.59 Å². The maximum Gasteiger partial charge on any atom is 0.261 e. The maximum absolute atomic E-state index is 13.1. The van der Waals surface area contributed by atoms with Gasteiger partial charge in [-0.1, -0.05) is 18.2 Å². The Hall–Kier alpha value is -3.94. The normalized spacial score (nSPS) is 13.0. The summed E-state index contributed by atoms with van der Waals surface area (Å²) in [7, 11) is 0. The quantitative estimate of drug-likeness (QED) is 0.414. The second kappa shape index (κ2) is 9.05. The summed E-state index contributed by atoms with van der Waals surface area (Å²) in [6.07, 6.45) is 1.48. The lowest BCUT2D eigenvalue weighted by Crippen LogP contribution is -2.40. The van der Waals surface area contributed by atoms with Crippen molar-refractivity contribution >= 4 is 16.8 Å². The number of aryl methyl sites for hydroxylation is 1. The molecule has 3 N–H and O–H groups in total. The molecular weight excluding hydrogens is 411 g/mol. The number of carbonyl (C=O) groups excluding carboxylic acids is 1. The molecule has 0 aliphatic rings. The van der Waals surface area contributed by atoms with Crippen LogP contribution in [0.4, 0.5) is 4.39 Å². The molecule has 8 heteroatoms. The minimum absolute atomic E-state index is 0.290. The van der Waals surface area contributed by atoms with Gasteiger partial charge in [0.2, 0.25) is 0 Å². The van der Waals surface area contributed by atoms with E-state index in [0.717, 1.165) is 16.5 Å². The topological polar surface area (TPSA) is 99.9 Å². The van der Waals surface area contributed by atoms with E-state index >= 15 is 0 Å². The van der Waals surface area contributed by atoms with Gasteiger partial charge in [-0.05, 0) is 49.7 Å². The molecule has 2 heterocycles. The number of nitrogens with one attached hydrogen (secondary N) is 3. The lowest BCUT2D eigenvalue weighted by Gasteiger charge is -2.21. The molecule has 0 unspecified atom stereocenters. The van der Waals surface area contributed by atoms with Crippen molar-refractivity contribution in [2.24, 2.45) is 0 Å². The Morgan fingerprint density at radius 3 is 2.69 bits per heavy atom. The molecule has 4 rings (SSSR count). The van der Waals surface area contributed by atoms with Crippen LogP contribution in [-0.4, -0.2) is 27.0 Å². The fourth-order valence-corrected chi connectivity index (χ4v) is 3.59. The lowest BCUT2D eigenvalue weighted by atomic mass is 10.0. The Balaban J connectivity index is 1.59. The minimum Gasteiger partial charge on any atom is -0.481 e. The molecule has 7 nitrogen and oxygen atoms in total. The largest absolute Gasteiger partial charge is 0.481 e. The molecule has 0 spiro atoms. The van der Waals surface area contributed by atoms with Crippen LogP contribution in [0.3, 0.4) is 0 Å². The number of ether oxygens (including phenoxy) is 1. The standard InChI is InChI=1S/C24H23FN4O3/c1-14(32-18-9-7-17(25)8-10-18)24(31)29-21(22-12-23(30)28-15(2)27-22)11-16-13-26-20-6-4-3-5-19(16)20/h3-10,12-14,21,26H,11H2,1-2H3,(H,29,31)(H,27,28,30)/t14-,21+/m1/s1. The van der Waals surface area contributed by atoms with Crippen molar-refractivity contribution in [2.45, 2.75) is 32.4 Å². The summed E-state index contributed by atoms with van der Waals surface area (Å²) in [6.45, 7) is 3.30. The molecule has 0 aliphatic heterocycles. The van der Waals surface area contributed by atoms with Crippen LogP contribution in [0.1, 0.15) is 30.0 Å². The summed E-state index contributed by atoms with van der Waals surface area (Å²) in [4.78, 5) is 35.3. The number of halogens is 1. The molecule has 32 heavy (non-hydrogen) atoms. The van der Waals surface area contributed by atoms with E-state index in [1.165, 1.54) is 30.3 Å². The third kappa shape index (κ3) is 4.85. The Morgan fingerprint density at radius 1 is 1.19 bits per heavy atom. The van der Waals surface area contributed by atoms with Gasteiger partial charge in [0.05, 0.1) is 11.7 Å². The van der Waals surface area contributed by atoms with Crippen molar-refractivity contribution in [1.82, 2.24) is 20.3 Å². The Morgan fingerprint density at radius 2 is 1.94 bits per heavy atom. The van der Waals surface area contributed by atoms with Crippen molar-refractivity contribution in [3.63, 3.8) is 0 Å². The van der Waals surface area contributed by atoms with Gasteiger partial charge in [-0.15, -0.1) is 0 Å². The molecule has 0 fully saturated rings. The van der Waals surface area contributed by atoms with E-state index in [4.69, 9.17) is 4.74 Å². The van der Waals surface area contributed by atoms with Crippen LogP contribution in [0.25, 0.3) is 10.9 Å². The number of benzene rings is 2. The predicted molar refractivity (Wildman–Crippen MR) is 119 cm³/mol. The number of fused-ring (bicyclic) bond motifs is 1. The first kappa shape index (κ1) is 21.3. The van der Waals surface area contributed by atoms with Gasteiger partial charge in [0.25, 0.3) is 11.5 Å². The average molecular weight is 434 g/mol. The molecule has 2 atom stereocenters. The zero-order valence-corrected chi connectivity index (χ0v) is 17.7. The van der Waals surface area contributed by atoms with Gasteiger partial charge in [-0.2, -0.15) is 0 Å². The maximum atomic E-state index is 13.1. The first-order chi connectivity index (χ1) is 15.4. The summed E-state index contributed by atoms with van der Waals surface area (Å²) < 4.78 is 18.8. The van der Waals surface area contributed by atoms with E-state index in [0.29, 0.717) is 23.7 Å². The highest BCUT2D eigenvalue weighted by Gasteiger charge is 2.23. The molecule has 1 amide bonds. The minimum atomic E-state index is -0.839. The van der Waals surface area contributed by atoms with Crippen LogP contribution in [0.2, 0.25) is 0 Å². The lowest BCUT2D eigenvalue weighted by molar-refractivity contribution is -0.128. The molecule has 2 aromatic heterocycles. The summed E-state index contributed by atoms with van der Waals surface area (Å²) >= 11 is 0. The molecule has 0 radical (unpaired) electrons. The molecule has 0 aliphatic carbocycles. The smallest absolute Gasteiger partial charge is 0.261 e. The summed E-state index contributed by atoms with van der Waals surface area (Å²) in [5.41, 5.74) is 2.13. The predicted octanol–water partition coefficient (Wildman–Crippen LogP) is 3.57. The van der Waals surface area contributed by atoms with Crippen molar-refractivity contribution in [3.8, 4) is 5.75 Å². The van der Waals surface area contributed by atoms with Crippen molar-refractivity contribution in [3.05, 3.63) is 94.0 Å². The Bertz CT molecular complexity index is 1300. The van der Waals surface area contributed by atoms with Crippen LogP contribution in [0, 0.1) is 12.7 Å². The van der Waals surface area contributed by atoms with Crippen LogP contribution >= 0.6 is 0 Å². The number of nitrogens with zero attached hydrogens (tertiary/aromatic N) is 1. The third-order valence-corrected chi connectivity index (χ3v) is 5.15. The molecule has 4 aromatic rings. The van der Waals surface area contributed by atoms with Crippen molar-refractivity contribution in [1.29, 1.82) is 0 Å². The van der Waals surface area contributed by atoms with Gasteiger partial charge < -0.3 is 20.0 Å². The number of aromatic nitrogens is 3. The van der Waals surface area contributed by atoms with E-state index in [1.807, 2.05) is 30.5 Å². The monoisotopic (exact) mass is 434 g/mol. The molecule has 0 saturated heterocycles. The van der Waals surface area contributed by atoms with E-state index in [1.54, 1.807) is 13.8 Å². The number of rotatable bonds is 7.